The molecule has 0 aliphatic rings. The molecule has 0 saturated heterocycles. The van der Waals surface area contributed by atoms with Gasteiger partial charge in [0.2, 0.25) is 0 Å². The third-order valence-corrected chi connectivity index (χ3v) is 1.61. The normalized spacial score (nSPS) is 13.5. The second-order valence-corrected chi connectivity index (χ2v) is 2.29. The molecule has 0 bridgehead atoms. The van der Waals surface area contributed by atoms with Gasteiger partial charge in [0.1, 0.15) is 0 Å². The molecule has 1 heterocycles. The summed E-state index contributed by atoms with van der Waals surface area (Å²) in [5.41, 5.74) is 2.07. The van der Waals surface area contributed by atoms with Crippen LogP contribution in [-0.4, -0.2) is 17.1 Å². The lowest BCUT2D eigenvalue weighted by atomic mass is 10.2. The highest BCUT2D eigenvalue weighted by Crippen LogP contribution is 2.14. The third kappa shape index (κ3) is 1.19. The Labute approximate surface area is 60.4 Å². The molecule has 1 aromatic heterocycles. The molecular weight excluding hydrogens is 128 g/mol. The number of H-pyrrole nitrogens is 1. The Morgan fingerprint density at radius 3 is 2.80 bits per heavy atom. The smallest absolute Gasteiger partial charge is 0.0980 e. The predicted molar refractivity (Wildman–Crippen MR) is 38.7 cm³/mol. The highest BCUT2D eigenvalue weighted by Gasteiger charge is 2.08. The summed E-state index contributed by atoms with van der Waals surface area (Å²) < 4.78 is 5.09. The van der Waals surface area contributed by atoms with Crippen LogP contribution in [0, 0.1) is 6.92 Å². The second-order valence-electron chi connectivity index (χ2n) is 2.29. The Hall–Kier alpha value is -0.830. The summed E-state index contributed by atoms with van der Waals surface area (Å²) in [6.45, 7) is 3.96. The van der Waals surface area contributed by atoms with Crippen LogP contribution in [0.4, 0.5) is 0 Å². The van der Waals surface area contributed by atoms with Crippen molar-refractivity contribution in [2.75, 3.05) is 7.11 Å². The van der Waals surface area contributed by atoms with Crippen LogP contribution in [0.5, 0.6) is 0 Å². The maximum atomic E-state index is 5.09. The van der Waals surface area contributed by atoms with Gasteiger partial charge in [-0.15, -0.1) is 0 Å². The predicted octanol–water partition coefficient (Wildman–Crippen LogP) is 1.43. The number of aromatic amines is 1. The van der Waals surface area contributed by atoms with Crippen LogP contribution in [0.3, 0.4) is 0 Å². The molecule has 0 fully saturated rings. The van der Waals surface area contributed by atoms with E-state index in [4.69, 9.17) is 4.74 Å². The molecule has 0 saturated carbocycles. The van der Waals surface area contributed by atoms with Crippen molar-refractivity contribution in [2.24, 2.45) is 0 Å². The molecule has 0 aliphatic heterocycles. The van der Waals surface area contributed by atoms with Crippen molar-refractivity contribution in [1.29, 1.82) is 0 Å². The third-order valence-electron chi connectivity index (χ3n) is 1.61. The highest BCUT2D eigenvalue weighted by atomic mass is 16.5. The first-order chi connectivity index (χ1) is 4.75. The summed E-state index contributed by atoms with van der Waals surface area (Å²) in [5.74, 6) is 0. The number of aryl methyl sites for hydroxylation is 1. The van der Waals surface area contributed by atoms with Gasteiger partial charge in [0.05, 0.1) is 18.1 Å². The molecule has 0 aliphatic carbocycles. The van der Waals surface area contributed by atoms with Crippen molar-refractivity contribution >= 4 is 0 Å². The summed E-state index contributed by atoms with van der Waals surface area (Å²) in [7, 11) is 1.68. The van der Waals surface area contributed by atoms with E-state index < -0.39 is 0 Å². The Balaban J connectivity index is 2.82. The molecule has 1 aromatic rings. The monoisotopic (exact) mass is 140 g/mol. The number of nitrogens with one attached hydrogen (secondary N) is 1. The molecule has 1 N–H and O–H groups in total. The van der Waals surface area contributed by atoms with E-state index in [1.54, 1.807) is 13.4 Å². The molecule has 56 valence electrons. The van der Waals surface area contributed by atoms with E-state index in [0.717, 1.165) is 11.4 Å². The van der Waals surface area contributed by atoms with Crippen LogP contribution < -0.4 is 0 Å². The maximum absolute atomic E-state index is 5.09. The van der Waals surface area contributed by atoms with Crippen LogP contribution in [0.2, 0.25) is 0 Å². The number of methoxy groups -OCH3 is 1. The zero-order valence-electron chi connectivity index (χ0n) is 6.51. The molecule has 3 nitrogen and oxygen atoms in total. The van der Waals surface area contributed by atoms with Gasteiger partial charge in [-0.2, -0.15) is 0 Å². The average molecular weight is 140 g/mol. The van der Waals surface area contributed by atoms with Crippen molar-refractivity contribution in [3.63, 3.8) is 0 Å². The van der Waals surface area contributed by atoms with Gasteiger partial charge in [-0.25, -0.2) is 4.98 Å². The molecule has 1 atom stereocenters. The number of imidazole rings is 1. The number of ether oxygens (including phenoxy) is 1. The lowest BCUT2D eigenvalue weighted by Gasteiger charge is -2.05. The number of rotatable bonds is 2. The first-order valence-electron chi connectivity index (χ1n) is 3.28. The van der Waals surface area contributed by atoms with E-state index in [9.17, 15) is 0 Å². The van der Waals surface area contributed by atoms with E-state index in [0.29, 0.717) is 0 Å². The van der Waals surface area contributed by atoms with E-state index in [-0.39, 0.29) is 6.10 Å². The Bertz CT molecular complexity index is 207. The van der Waals surface area contributed by atoms with Gasteiger partial charge >= 0.3 is 0 Å². The molecule has 0 amide bonds. The SMILES string of the molecule is COC(C)c1nc[nH]c1C. The standard InChI is InChI=1S/C7H12N2O/c1-5-7(6(2)10-3)9-4-8-5/h4,6H,1-3H3,(H,8,9). The van der Waals surface area contributed by atoms with Crippen molar-refractivity contribution in [3.8, 4) is 0 Å². The van der Waals surface area contributed by atoms with Gasteiger partial charge in [-0.05, 0) is 13.8 Å². The minimum Gasteiger partial charge on any atom is -0.375 e. The van der Waals surface area contributed by atoms with Gasteiger partial charge in [-0.3, -0.25) is 0 Å². The van der Waals surface area contributed by atoms with Crippen LogP contribution in [0.15, 0.2) is 6.33 Å². The molecule has 0 spiro atoms. The quantitative estimate of drug-likeness (QED) is 0.674. The van der Waals surface area contributed by atoms with Crippen LogP contribution in [-0.2, 0) is 4.74 Å². The van der Waals surface area contributed by atoms with Gasteiger partial charge in [-0.1, -0.05) is 0 Å². The Kier molecular flexibility index (Phi) is 2.06. The van der Waals surface area contributed by atoms with E-state index in [1.165, 1.54) is 0 Å². The van der Waals surface area contributed by atoms with E-state index in [1.807, 2.05) is 13.8 Å². The fourth-order valence-electron chi connectivity index (χ4n) is 0.891. The molecule has 3 heteroatoms. The zero-order valence-corrected chi connectivity index (χ0v) is 6.51. The molecule has 1 unspecified atom stereocenters. The largest absolute Gasteiger partial charge is 0.375 e. The zero-order chi connectivity index (χ0) is 7.56. The second kappa shape index (κ2) is 2.84. The molecule has 0 aromatic carbocycles. The number of nitrogens with zero attached hydrogens (tertiary/aromatic N) is 1. The number of hydrogen-bond donors (Lipinski definition) is 1. The first kappa shape index (κ1) is 7.28. The maximum Gasteiger partial charge on any atom is 0.0980 e. The van der Waals surface area contributed by atoms with Gasteiger partial charge in [0.25, 0.3) is 0 Å². The van der Waals surface area contributed by atoms with Gasteiger partial charge < -0.3 is 9.72 Å². The van der Waals surface area contributed by atoms with Crippen LogP contribution in [0.1, 0.15) is 24.4 Å². The molecule has 0 radical (unpaired) electrons. The topological polar surface area (TPSA) is 37.9 Å². The fraction of sp³-hybridized carbons (Fsp3) is 0.571. The van der Waals surface area contributed by atoms with Crippen molar-refractivity contribution in [2.45, 2.75) is 20.0 Å². The first-order valence-corrected chi connectivity index (χ1v) is 3.28. The summed E-state index contributed by atoms with van der Waals surface area (Å²) in [5, 5.41) is 0. The van der Waals surface area contributed by atoms with Crippen LogP contribution >= 0.6 is 0 Å². The Morgan fingerprint density at radius 2 is 2.40 bits per heavy atom. The molecule has 10 heavy (non-hydrogen) atoms. The molecule has 1 rings (SSSR count). The lowest BCUT2D eigenvalue weighted by molar-refractivity contribution is 0.116. The van der Waals surface area contributed by atoms with Crippen molar-refractivity contribution < 1.29 is 4.74 Å². The van der Waals surface area contributed by atoms with E-state index in [2.05, 4.69) is 9.97 Å². The minimum absolute atomic E-state index is 0.0891. The Morgan fingerprint density at radius 1 is 1.70 bits per heavy atom. The summed E-state index contributed by atoms with van der Waals surface area (Å²) in [6.07, 6.45) is 1.77. The number of hydrogen-bond acceptors (Lipinski definition) is 2. The highest BCUT2D eigenvalue weighted by molar-refractivity contribution is 5.10. The summed E-state index contributed by atoms with van der Waals surface area (Å²) in [6, 6.07) is 0. The van der Waals surface area contributed by atoms with Crippen LogP contribution in [0.25, 0.3) is 0 Å². The lowest BCUT2D eigenvalue weighted by Crippen LogP contribution is -1.97. The average Bonchev–Trinajstić information content (AvgIpc) is 2.34. The van der Waals surface area contributed by atoms with Gasteiger partial charge in [0, 0.05) is 12.8 Å². The molecular formula is C7H12N2O. The fourth-order valence-corrected chi connectivity index (χ4v) is 0.891. The minimum atomic E-state index is 0.0891. The van der Waals surface area contributed by atoms with Crippen molar-refractivity contribution in [1.82, 2.24) is 9.97 Å². The number of aromatic nitrogens is 2. The summed E-state index contributed by atoms with van der Waals surface area (Å²) >= 11 is 0. The van der Waals surface area contributed by atoms with E-state index >= 15 is 0 Å². The van der Waals surface area contributed by atoms with Crippen molar-refractivity contribution in [3.05, 3.63) is 17.7 Å². The summed E-state index contributed by atoms with van der Waals surface area (Å²) in [4.78, 5) is 7.10. The van der Waals surface area contributed by atoms with Gasteiger partial charge in [0.15, 0.2) is 0 Å².